The molecule has 0 aromatic heterocycles. The minimum absolute atomic E-state index is 0.0248. The molecule has 1 atom stereocenters. The van der Waals surface area contributed by atoms with E-state index in [9.17, 15) is 40.7 Å². The van der Waals surface area contributed by atoms with Gasteiger partial charge in [-0.3, -0.25) is 9.59 Å². The molecule has 0 saturated carbocycles. The summed E-state index contributed by atoms with van der Waals surface area (Å²) in [5.74, 6) is -3.81. The standard InChI is InChI=1S/C25H21ClF4N2O5S/c26-18-8-3-15(4-9-18)16-5-10-19(11-6-16)38(36,37)32-22(24(34)35)2-1-13-31-23(33)20-12-7-17(14-21(20)27)25(28,29)30/h3-12,14,22,32H,1-2,13H2,(H,31,33)(H,34,35). The van der Waals surface area contributed by atoms with E-state index in [0.29, 0.717) is 17.2 Å². The molecule has 0 fully saturated rings. The number of sulfonamides is 1. The van der Waals surface area contributed by atoms with Crippen LogP contribution in [-0.2, 0) is 21.0 Å². The lowest BCUT2D eigenvalue weighted by Crippen LogP contribution is -2.41. The predicted molar refractivity (Wildman–Crippen MR) is 132 cm³/mol. The van der Waals surface area contributed by atoms with Crippen molar-refractivity contribution in [2.45, 2.75) is 30.0 Å². The minimum atomic E-state index is -4.77. The van der Waals surface area contributed by atoms with Crippen LogP contribution in [0.5, 0.6) is 0 Å². The number of benzene rings is 3. The Hall–Kier alpha value is -3.48. The number of amides is 1. The van der Waals surface area contributed by atoms with E-state index in [-0.39, 0.29) is 30.3 Å². The van der Waals surface area contributed by atoms with E-state index in [2.05, 4.69) is 10.0 Å². The van der Waals surface area contributed by atoms with Crippen LogP contribution in [0.2, 0.25) is 5.02 Å². The van der Waals surface area contributed by atoms with Gasteiger partial charge >= 0.3 is 12.1 Å². The van der Waals surface area contributed by atoms with Crippen LogP contribution in [0.25, 0.3) is 11.1 Å². The summed E-state index contributed by atoms with van der Waals surface area (Å²) in [5, 5.41) is 12.3. The summed E-state index contributed by atoms with van der Waals surface area (Å²) < 4.78 is 79.4. The zero-order valence-electron chi connectivity index (χ0n) is 19.4. The molecule has 3 aromatic rings. The molecule has 0 aliphatic carbocycles. The van der Waals surface area contributed by atoms with Gasteiger partial charge < -0.3 is 10.4 Å². The van der Waals surface area contributed by atoms with Gasteiger partial charge in [0.25, 0.3) is 5.91 Å². The average Bonchev–Trinajstić information content (AvgIpc) is 2.85. The van der Waals surface area contributed by atoms with Crippen molar-refractivity contribution in [3.05, 3.63) is 88.7 Å². The SMILES string of the molecule is O=C(NCCCC(NS(=O)(=O)c1ccc(-c2ccc(Cl)cc2)cc1)C(=O)O)c1ccc(C(F)(F)F)cc1F. The number of carbonyl (C=O) groups is 2. The van der Waals surface area contributed by atoms with E-state index in [1.165, 1.54) is 12.1 Å². The molecule has 7 nitrogen and oxygen atoms in total. The Labute approximate surface area is 220 Å². The Morgan fingerprint density at radius 3 is 2.05 bits per heavy atom. The second kappa shape index (κ2) is 11.9. The number of hydrogen-bond acceptors (Lipinski definition) is 4. The van der Waals surface area contributed by atoms with Crippen molar-refractivity contribution < 1.29 is 40.7 Å². The number of nitrogens with one attached hydrogen (secondary N) is 2. The second-order valence-electron chi connectivity index (χ2n) is 8.13. The molecule has 13 heteroatoms. The highest BCUT2D eigenvalue weighted by Crippen LogP contribution is 2.30. The van der Waals surface area contributed by atoms with Crippen LogP contribution in [-0.4, -0.2) is 38.0 Å². The van der Waals surface area contributed by atoms with E-state index >= 15 is 0 Å². The fourth-order valence-electron chi connectivity index (χ4n) is 3.44. The summed E-state index contributed by atoms with van der Waals surface area (Å²) >= 11 is 5.87. The molecule has 3 rings (SSSR count). The van der Waals surface area contributed by atoms with Gasteiger partial charge in [0.05, 0.1) is 16.0 Å². The van der Waals surface area contributed by atoms with Crippen molar-refractivity contribution in [1.29, 1.82) is 0 Å². The Bertz CT molecular complexity index is 1410. The van der Waals surface area contributed by atoms with Crippen LogP contribution in [0, 0.1) is 5.82 Å². The van der Waals surface area contributed by atoms with Crippen molar-refractivity contribution in [1.82, 2.24) is 10.0 Å². The fraction of sp³-hybridized carbons (Fsp3) is 0.200. The van der Waals surface area contributed by atoms with Crippen LogP contribution in [0.15, 0.2) is 71.6 Å². The predicted octanol–water partition coefficient (Wildman–Crippen LogP) is 5.11. The van der Waals surface area contributed by atoms with E-state index in [1.54, 1.807) is 36.4 Å². The van der Waals surface area contributed by atoms with Gasteiger partial charge in [-0.1, -0.05) is 35.9 Å². The minimum Gasteiger partial charge on any atom is -0.480 e. The first-order valence-electron chi connectivity index (χ1n) is 11.0. The number of carbonyl (C=O) groups excluding carboxylic acids is 1. The molecule has 202 valence electrons. The second-order valence-corrected chi connectivity index (χ2v) is 10.3. The highest BCUT2D eigenvalue weighted by atomic mass is 35.5. The number of hydrogen-bond donors (Lipinski definition) is 3. The Morgan fingerprint density at radius 2 is 1.53 bits per heavy atom. The molecule has 0 spiro atoms. The van der Waals surface area contributed by atoms with Crippen molar-refractivity contribution >= 4 is 33.5 Å². The van der Waals surface area contributed by atoms with Crippen molar-refractivity contribution in [3.63, 3.8) is 0 Å². The van der Waals surface area contributed by atoms with Crippen molar-refractivity contribution in [2.24, 2.45) is 0 Å². The topological polar surface area (TPSA) is 113 Å². The number of carboxylic acids is 1. The summed E-state index contributed by atoms with van der Waals surface area (Å²) in [6.45, 7) is -0.180. The van der Waals surface area contributed by atoms with Crippen LogP contribution >= 0.6 is 11.6 Å². The molecule has 3 aromatic carbocycles. The normalized spacial score (nSPS) is 12.7. The summed E-state index contributed by atoms with van der Waals surface area (Å²) in [7, 11) is -4.21. The first-order chi connectivity index (χ1) is 17.8. The van der Waals surface area contributed by atoms with Gasteiger partial charge in [0.1, 0.15) is 11.9 Å². The van der Waals surface area contributed by atoms with Crippen LogP contribution in [0.1, 0.15) is 28.8 Å². The third-order valence-electron chi connectivity index (χ3n) is 5.43. The highest BCUT2D eigenvalue weighted by Gasteiger charge is 2.31. The zero-order valence-corrected chi connectivity index (χ0v) is 21.0. The quantitative estimate of drug-likeness (QED) is 0.231. The number of alkyl halides is 3. The molecule has 0 heterocycles. The van der Waals surface area contributed by atoms with E-state index in [0.717, 1.165) is 11.1 Å². The molecule has 1 amide bonds. The van der Waals surface area contributed by atoms with Gasteiger partial charge in [-0.05, 0) is 66.4 Å². The summed E-state index contributed by atoms with van der Waals surface area (Å²) in [6, 6.07) is 12.6. The molecule has 38 heavy (non-hydrogen) atoms. The lowest BCUT2D eigenvalue weighted by molar-refractivity contribution is -0.139. The largest absolute Gasteiger partial charge is 0.480 e. The molecule has 0 bridgehead atoms. The zero-order chi connectivity index (χ0) is 28.1. The van der Waals surface area contributed by atoms with Crippen LogP contribution in [0.3, 0.4) is 0 Å². The Balaban J connectivity index is 1.57. The smallest absolute Gasteiger partial charge is 0.416 e. The monoisotopic (exact) mass is 572 g/mol. The Kier molecular flexibility index (Phi) is 9.13. The van der Waals surface area contributed by atoms with Gasteiger partial charge in [0, 0.05) is 11.6 Å². The molecule has 0 saturated heterocycles. The maximum atomic E-state index is 13.9. The highest BCUT2D eigenvalue weighted by molar-refractivity contribution is 7.89. The maximum absolute atomic E-state index is 13.9. The number of rotatable bonds is 10. The Morgan fingerprint density at radius 1 is 0.947 bits per heavy atom. The molecule has 0 aliphatic rings. The number of aliphatic carboxylic acids is 1. The van der Waals surface area contributed by atoms with Crippen molar-refractivity contribution in [3.8, 4) is 11.1 Å². The lowest BCUT2D eigenvalue weighted by Gasteiger charge is -2.15. The first-order valence-corrected chi connectivity index (χ1v) is 12.9. The molecular formula is C25H21ClF4N2O5S. The molecule has 1 unspecified atom stereocenters. The van der Waals surface area contributed by atoms with E-state index in [1.807, 2.05) is 0 Å². The van der Waals surface area contributed by atoms with Gasteiger partial charge in [-0.25, -0.2) is 12.8 Å². The van der Waals surface area contributed by atoms with Gasteiger partial charge in [-0.15, -0.1) is 0 Å². The van der Waals surface area contributed by atoms with Gasteiger partial charge in [0.15, 0.2) is 0 Å². The summed E-state index contributed by atoms with van der Waals surface area (Å²) in [4.78, 5) is 23.6. The van der Waals surface area contributed by atoms with Gasteiger partial charge in [-0.2, -0.15) is 17.9 Å². The average molecular weight is 573 g/mol. The van der Waals surface area contributed by atoms with Crippen molar-refractivity contribution in [2.75, 3.05) is 6.54 Å². The third kappa shape index (κ3) is 7.53. The molecule has 0 aliphatic heterocycles. The van der Waals surface area contributed by atoms with E-state index < -0.39 is 51.1 Å². The molecule has 0 radical (unpaired) electrons. The fourth-order valence-corrected chi connectivity index (χ4v) is 4.79. The summed E-state index contributed by atoms with van der Waals surface area (Å²) in [6.07, 6.45) is -5.02. The lowest BCUT2D eigenvalue weighted by atomic mass is 10.1. The van der Waals surface area contributed by atoms with Gasteiger partial charge in [0.2, 0.25) is 10.0 Å². The third-order valence-corrected chi connectivity index (χ3v) is 7.17. The number of carboxylic acid groups (broad SMARTS) is 1. The molecule has 3 N–H and O–H groups in total. The van der Waals surface area contributed by atoms with Crippen LogP contribution in [0.4, 0.5) is 17.6 Å². The maximum Gasteiger partial charge on any atom is 0.416 e. The first kappa shape index (κ1) is 29.1. The van der Waals surface area contributed by atoms with Crippen LogP contribution < -0.4 is 10.0 Å². The molecular weight excluding hydrogens is 552 g/mol. The number of halogens is 5. The summed E-state index contributed by atoms with van der Waals surface area (Å²) in [5.41, 5.74) is -0.346. The van der Waals surface area contributed by atoms with E-state index in [4.69, 9.17) is 11.6 Å².